The summed E-state index contributed by atoms with van der Waals surface area (Å²) in [6.07, 6.45) is 4.43. The Morgan fingerprint density at radius 3 is 2.67 bits per heavy atom. The van der Waals surface area contributed by atoms with E-state index in [1.807, 2.05) is 0 Å². The number of non-ortho nitro benzene ring substituents is 1. The molecule has 0 radical (unpaired) electrons. The number of amides is 1. The molecule has 1 saturated carbocycles. The monoisotopic (exact) mass is 292 g/mol. The summed E-state index contributed by atoms with van der Waals surface area (Å²) in [4.78, 5) is 22.6. The molecule has 7 nitrogen and oxygen atoms in total. The maximum atomic E-state index is 12.3. The van der Waals surface area contributed by atoms with Crippen LogP contribution in [0.15, 0.2) is 18.2 Å². The number of anilines is 1. The number of nitro groups is 1. The number of benzene rings is 1. The Hall–Kier alpha value is -2.15. The van der Waals surface area contributed by atoms with Gasteiger partial charge in [0.2, 0.25) is 0 Å². The molecule has 1 aliphatic rings. The maximum absolute atomic E-state index is 12.3. The molecule has 4 N–H and O–H groups in total. The van der Waals surface area contributed by atoms with E-state index >= 15 is 0 Å². The molecule has 7 heteroatoms. The van der Waals surface area contributed by atoms with E-state index < -0.39 is 4.92 Å². The first-order valence-electron chi connectivity index (χ1n) is 7.04. The number of carbonyl (C=O) groups excluding carboxylic acids is 1. The van der Waals surface area contributed by atoms with Crippen molar-refractivity contribution >= 4 is 17.3 Å². The third-order valence-electron chi connectivity index (χ3n) is 4.40. The van der Waals surface area contributed by atoms with Crippen molar-refractivity contribution in [2.45, 2.75) is 32.6 Å². The molecule has 0 atom stereocenters. The van der Waals surface area contributed by atoms with Crippen molar-refractivity contribution in [2.24, 2.45) is 11.3 Å². The maximum Gasteiger partial charge on any atom is 0.270 e. The fourth-order valence-electron chi connectivity index (χ4n) is 2.65. The predicted molar refractivity (Wildman–Crippen MR) is 79.8 cm³/mol. The highest BCUT2D eigenvalue weighted by Gasteiger charge is 2.35. The van der Waals surface area contributed by atoms with E-state index in [9.17, 15) is 14.9 Å². The summed E-state index contributed by atoms with van der Waals surface area (Å²) in [5.74, 6) is 5.02. The second-order valence-corrected chi connectivity index (χ2v) is 5.52. The molecule has 0 saturated heterocycles. The third-order valence-corrected chi connectivity index (χ3v) is 4.40. The normalized spacial score (nSPS) is 15.9. The SMILES string of the molecule is CCC1(CNC(=O)c2cc([N+](=O)[O-])ccc2NN)CCC1. The molecule has 21 heavy (non-hydrogen) atoms. The second kappa shape index (κ2) is 6.09. The summed E-state index contributed by atoms with van der Waals surface area (Å²) >= 11 is 0. The van der Waals surface area contributed by atoms with E-state index in [0.717, 1.165) is 19.3 Å². The van der Waals surface area contributed by atoms with Crippen molar-refractivity contribution < 1.29 is 9.72 Å². The van der Waals surface area contributed by atoms with Gasteiger partial charge in [0, 0.05) is 18.7 Å². The third kappa shape index (κ3) is 3.13. The summed E-state index contributed by atoms with van der Waals surface area (Å²) in [5.41, 5.74) is 3.02. The van der Waals surface area contributed by atoms with Crippen LogP contribution in [0.1, 0.15) is 43.0 Å². The van der Waals surface area contributed by atoms with Crippen LogP contribution in [0.25, 0.3) is 0 Å². The van der Waals surface area contributed by atoms with E-state index in [2.05, 4.69) is 17.7 Å². The van der Waals surface area contributed by atoms with Gasteiger partial charge in [0.15, 0.2) is 0 Å². The molecule has 1 fully saturated rings. The topological polar surface area (TPSA) is 110 Å². The van der Waals surface area contributed by atoms with Crippen LogP contribution in [0.5, 0.6) is 0 Å². The Labute approximate surface area is 123 Å². The highest BCUT2D eigenvalue weighted by molar-refractivity contribution is 6.00. The first-order chi connectivity index (χ1) is 10.0. The molecule has 0 unspecified atom stereocenters. The number of hydrazine groups is 1. The molecule has 1 aromatic rings. The van der Waals surface area contributed by atoms with Crippen LogP contribution in [0, 0.1) is 15.5 Å². The zero-order chi connectivity index (χ0) is 15.5. The molecule has 0 aromatic heterocycles. The van der Waals surface area contributed by atoms with Gasteiger partial charge in [0.05, 0.1) is 16.2 Å². The van der Waals surface area contributed by atoms with Crippen LogP contribution in [0.2, 0.25) is 0 Å². The predicted octanol–water partition coefficient (Wildman–Crippen LogP) is 2.19. The Kier molecular flexibility index (Phi) is 4.42. The standard InChI is InChI=1S/C14H20N4O3/c1-2-14(6-3-7-14)9-16-13(19)11-8-10(18(20)21)4-5-12(11)17-15/h4-5,8,17H,2-3,6-7,9,15H2,1H3,(H,16,19). The number of nitro benzene ring substituents is 1. The van der Waals surface area contributed by atoms with E-state index in [1.54, 1.807) is 0 Å². The lowest BCUT2D eigenvalue weighted by Gasteiger charge is -2.41. The number of nitrogens with zero attached hydrogens (tertiary/aromatic N) is 1. The molecular formula is C14H20N4O3. The Bertz CT molecular complexity index is 550. The first-order valence-corrected chi connectivity index (χ1v) is 7.04. The van der Waals surface area contributed by atoms with Gasteiger partial charge in [0.25, 0.3) is 11.6 Å². The zero-order valence-electron chi connectivity index (χ0n) is 12.0. The van der Waals surface area contributed by atoms with Crippen LogP contribution in [-0.2, 0) is 0 Å². The first kappa shape index (κ1) is 15.2. The average Bonchev–Trinajstić information content (AvgIpc) is 2.45. The fraction of sp³-hybridized carbons (Fsp3) is 0.500. The van der Waals surface area contributed by atoms with Crippen LogP contribution in [0.3, 0.4) is 0 Å². The Morgan fingerprint density at radius 2 is 2.19 bits per heavy atom. The smallest absolute Gasteiger partial charge is 0.270 e. The van der Waals surface area contributed by atoms with Gasteiger partial charge in [-0.15, -0.1) is 0 Å². The minimum absolute atomic E-state index is 0.131. The number of nitrogens with two attached hydrogens (primary N) is 1. The molecule has 114 valence electrons. The van der Waals surface area contributed by atoms with E-state index in [0.29, 0.717) is 12.2 Å². The van der Waals surface area contributed by atoms with Crippen LogP contribution >= 0.6 is 0 Å². The summed E-state index contributed by atoms with van der Waals surface area (Å²) in [5, 5.41) is 13.7. The van der Waals surface area contributed by atoms with Crippen molar-refractivity contribution in [3.63, 3.8) is 0 Å². The number of carbonyl (C=O) groups is 1. The van der Waals surface area contributed by atoms with Crippen molar-refractivity contribution in [3.8, 4) is 0 Å². The van der Waals surface area contributed by atoms with E-state index in [-0.39, 0.29) is 22.6 Å². The largest absolute Gasteiger partial charge is 0.351 e. The van der Waals surface area contributed by atoms with E-state index in [4.69, 9.17) is 5.84 Å². The Balaban J connectivity index is 2.13. The van der Waals surface area contributed by atoms with Crippen molar-refractivity contribution in [1.82, 2.24) is 5.32 Å². The molecule has 1 amide bonds. The van der Waals surface area contributed by atoms with Crippen molar-refractivity contribution in [1.29, 1.82) is 0 Å². The lowest BCUT2D eigenvalue weighted by atomic mass is 9.67. The molecule has 1 aromatic carbocycles. The van der Waals surface area contributed by atoms with Gasteiger partial charge in [-0.2, -0.15) is 0 Å². The molecule has 2 rings (SSSR count). The minimum atomic E-state index is -0.531. The van der Waals surface area contributed by atoms with Gasteiger partial charge in [-0.05, 0) is 30.7 Å². The number of hydrogen-bond donors (Lipinski definition) is 3. The Morgan fingerprint density at radius 1 is 1.48 bits per heavy atom. The molecule has 0 aliphatic heterocycles. The number of hydrogen-bond acceptors (Lipinski definition) is 5. The lowest BCUT2D eigenvalue weighted by Crippen LogP contribution is -2.41. The van der Waals surface area contributed by atoms with Crippen LogP contribution in [0.4, 0.5) is 11.4 Å². The number of nitrogens with one attached hydrogen (secondary N) is 2. The van der Waals surface area contributed by atoms with Crippen molar-refractivity contribution in [3.05, 3.63) is 33.9 Å². The van der Waals surface area contributed by atoms with Gasteiger partial charge in [-0.25, -0.2) is 0 Å². The number of nitrogen functional groups attached to an aromatic ring is 1. The van der Waals surface area contributed by atoms with Gasteiger partial charge in [-0.3, -0.25) is 20.8 Å². The fourth-order valence-corrected chi connectivity index (χ4v) is 2.65. The van der Waals surface area contributed by atoms with Crippen LogP contribution < -0.4 is 16.6 Å². The van der Waals surface area contributed by atoms with E-state index in [1.165, 1.54) is 24.6 Å². The summed E-state index contributed by atoms with van der Waals surface area (Å²) < 4.78 is 0. The molecular weight excluding hydrogens is 272 g/mol. The van der Waals surface area contributed by atoms with Gasteiger partial charge in [-0.1, -0.05) is 13.3 Å². The summed E-state index contributed by atoms with van der Waals surface area (Å²) in [6.45, 7) is 2.71. The molecule has 0 heterocycles. The zero-order valence-corrected chi connectivity index (χ0v) is 12.0. The van der Waals surface area contributed by atoms with Crippen molar-refractivity contribution in [2.75, 3.05) is 12.0 Å². The minimum Gasteiger partial charge on any atom is -0.351 e. The van der Waals surface area contributed by atoms with Gasteiger partial charge in [0.1, 0.15) is 0 Å². The van der Waals surface area contributed by atoms with Crippen LogP contribution in [-0.4, -0.2) is 17.4 Å². The summed E-state index contributed by atoms with van der Waals surface area (Å²) in [6, 6.07) is 3.99. The quantitative estimate of drug-likeness (QED) is 0.423. The highest BCUT2D eigenvalue weighted by Crippen LogP contribution is 2.43. The summed E-state index contributed by atoms with van der Waals surface area (Å²) in [7, 11) is 0. The second-order valence-electron chi connectivity index (χ2n) is 5.52. The van der Waals surface area contributed by atoms with Gasteiger partial charge >= 0.3 is 0 Å². The van der Waals surface area contributed by atoms with Gasteiger partial charge < -0.3 is 10.7 Å². The number of rotatable bonds is 6. The molecule has 0 spiro atoms. The lowest BCUT2D eigenvalue weighted by molar-refractivity contribution is -0.384. The average molecular weight is 292 g/mol. The molecule has 0 bridgehead atoms. The molecule has 1 aliphatic carbocycles. The highest BCUT2D eigenvalue weighted by atomic mass is 16.6.